The molecule has 0 aromatic heterocycles. The fourth-order valence-corrected chi connectivity index (χ4v) is 3.44. The molecule has 2 rings (SSSR count). The molecule has 1 heterocycles. The van der Waals surface area contributed by atoms with Crippen molar-refractivity contribution >= 4 is 11.6 Å². The first-order chi connectivity index (χ1) is 7.05. The van der Waals surface area contributed by atoms with E-state index in [9.17, 15) is 0 Å². The fourth-order valence-electron chi connectivity index (χ4n) is 2.84. The van der Waals surface area contributed by atoms with Gasteiger partial charge in [-0.2, -0.15) is 0 Å². The molecule has 1 aliphatic carbocycles. The smallest absolute Gasteiger partial charge is 0.0523 e. The summed E-state index contributed by atoms with van der Waals surface area (Å²) in [5.74, 6) is 0.744. The zero-order valence-corrected chi connectivity index (χ0v) is 10.5. The van der Waals surface area contributed by atoms with E-state index in [1.807, 2.05) is 0 Å². The van der Waals surface area contributed by atoms with Crippen LogP contribution in [0, 0.1) is 11.3 Å². The molecule has 0 radical (unpaired) electrons. The lowest BCUT2D eigenvalue weighted by molar-refractivity contribution is 0.185. The normalized spacial score (nSPS) is 35.3. The molecule has 1 fully saturated rings. The molecule has 2 unspecified atom stereocenters. The first kappa shape index (κ1) is 11.5. The third-order valence-electron chi connectivity index (χ3n) is 3.44. The van der Waals surface area contributed by atoms with Crippen molar-refractivity contribution in [2.24, 2.45) is 11.3 Å². The van der Waals surface area contributed by atoms with Crippen LogP contribution in [0.25, 0.3) is 0 Å². The fraction of sp³-hybridized carbons (Fsp3) is 0.846. The molecule has 2 atom stereocenters. The van der Waals surface area contributed by atoms with Crippen molar-refractivity contribution in [1.29, 1.82) is 0 Å². The summed E-state index contributed by atoms with van der Waals surface area (Å²) in [5.41, 5.74) is 1.94. The summed E-state index contributed by atoms with van der Waals surface area (Å²) in [5, 5.41) is 0.242. The molecule has 0 aromatic carbocycles. The van der Waals surface area contributed by atoms with E-state index in [1.165, 1.54) is 19.3 Å². The lowest BCUT2D eigenvalue weighted by Gasteiger charge is -2.33. The monoisotopic (exact) mass is 228 g/mol. The minimum absolute atomic E-state index is 0.242. The first-order valence-corrected chi connectivity index (χ1v) is 6.40. The van der Waals surface area contributed by atoms with Gasteiger partial charge in [0.05, 0.1) is 5.38 Å². The number of rotatable bonds is 2. The molecule has 0 aromatic rings. The van der Waals surface area contributed by atoms with E-state index in [2.05, 4.69) is 19.9 Å². The van der Waals surface area contributed by atoms with Gasteiger partial charge in [0.15, 0.2) is 0 Å². The average molecular weight is 229 g/mol. The van der Waals surface area contributed by atoms with Gasteiger partial charge in [0, 0.05) is 13.2 Å². The molecular formula is C13H21ClO. The van der Waals surface area contributed by atoms with Gasteiger partial charge in [-0.3, -0.25) is 0 Å². The first-order valence-electron chi connectivity index (χ1n) is 5.96. The van der Waals surface area contributed by atoms with Crippen LogP contribution in [-0.4, -0.2) is 18.6 Å². The second-order valence-electron chi connectivity index (χ2n) is 5.82. The van der Waals surface area contributed by atoms with Gasteiger partial charge in [0.1, 0.15) is 0 Å². The lowest BCUT2D eigenvalue weighted by Crippen LogP contribution is -2.23. The average Bonchev–Trinajstić information content (AvgIpc) is 2.52. The van der Waals surface area contributed by atoms with Gasteiger partial charge in [-0.15, -0.1) is 11.6 Å². The number of hydrogen-bond acceptors (Lipinski definition) is 1. The van der Waals surface area contributed by atoms with Gasteiger partial charge >= 0.3 is 0 Å². The Bertz CT molecular complexity index is 251. The standard InChI is InChI=1S/C13H21ClO/c1-13(2)7-11(6-12(14)8-13)5-10-3-4-15-9-10/h6,10,12H,3-5,7-9H2,1-2H3. The largest absolute Gasteiger partial charge is 0.381 e. The van der Waals surface area contributed by atoms with Crippen LogP contribution < -0.4 is 0 Å². The van der Waals surface area contributed by atoms with Crippen LogP contribution in [0.4, 0.5) is 0 Å². The quantitative estimate of drug-likeness (QED) is 0.517. The van der Waals surface area contributed by atoms with Gasteiger partial charge in [-0.05, 0) is 37.0 Å². The highest BCUT2D eigenvalue weighted by Gasteiger charge is 2.29. The van der Waals surface area contributed by atoms with Crippen molar-refractivity contribution in [2.75, 3.05) is 13.2 Å². The summed E-state index contributed by atoms with van der Waals surface area (Å²) in [4.78, 5) is 0. The Labute approximate surface area is 97.8 Å². The van der Waals surface area contributed by atoms with Crippen LogP contribution >= 0.6 is 11.6 Å². The van der Waals surface area contributed by atoms with Crippen molar-refractivity contribution in [3.05, 3.63) is 11.6 Å². The maximum atomic E-state index is 6.27. The number of allylic oxidation sites excluding steroid dienone is 2. The second kappa shape index (κ2) is 4.47. The van der Waals surface area contributed by atoms with Crippen molar-refractivity contribution < 1.29 is 4.74 Å². The Morgan fingerprint density at radius 3 is 2.93 bits per heavy atom. The Hall–Kier alpha value is -0.0100. The van der Waals surface area contributed by atoms with Crippen LogP contribution in [-0.2, 0) is 4.74 Å². The molecule has 1 aliphatic heterocycles. The molecular weight excluding hydrogens is 208 g/mol. The highest BCUT2D eigenvalue weighted by molar-refractivity contribution is 6.21. The molecule has 2 heteroatoms. The third kappa shape index (κ3) is 3.22. The topological polar surface area (TPSA) is 9.23 Å². The predicted molar refractivity (Wildman–Crippen MR) is 64.3 cm³/mol. The highest BCUT2D eigenvalue weighted by atomic mass is 35.5. The van der Waals surface area contributed by atoms with Gasteiger partial charge in [-0.25, -0.2) is 0 Å². The second-order valence-corrected chi connectivity index (χ2v) is 6.38. The molecule has 2 aliphatic rings. The summed E-state index contributed by atoms with van der Waals surface area (Å²) in [7, 11) is 0. The van der Waals surface area contributed by atoms with Crippen LogP contribution in [0.1, 0.15) is 39.5 Å². The molecule has 1 nitrogen and oxygen atoms in total. The zero-order chi connectivity index (χ0) is 10.9. The van der Waals surface area contributed by atoms with E-state index < -0.39 is 0 Å². The molecule has 0 bridgehead atoms. The number of hydrogen-bond donors (Lipinski definition) is 0. The molecule has 0 spiro atoms. The summed E-state index contributed by atoms with van der Waals surface area (Å²) in [6.45, 7) is 6.54. The molecule has 0 N–H and O–H groups in total. The number of alkyl halides is 1. The Balaban J connectivity index is 1.95. The maximum Gasteiger partial charge on any atom is 0.0523 e. The van der Waals surface area contributed by atoms with Gasteiger partial charge in [-0.1, -0.05) is 25.5 Å². The molecule has 15 heavy (non-hydrogen) atoms. The van der Waals surface area contributed by atoms with Crippen LogP contribution in [0.3, 0.4) is 0 Å². The van der Waals surface area contributed by atoms with Gasteiger partial charge in [0.25, 0.3) is 0 Å². The predicted octanol–water partition coefficient (Wildman–Crippen LogP) is 3.77. The molecule has 0 saturated carbocycles. The summed E-state index contributed by atoms with van der Waals surface area (Å²) in [6.07, 6.45) is 7.04. The van der Waals surface area contributed by atoms with E-state index in [4.69, 9.17) is 16.3 Å². The lowest BCUT2D eigenvalue weighted by atomic mass is 9.75. The van der Waals surface area contributed by atoms with Gasteiger partial charge < -0.3 is 4.74 Å². The zero-order valence-electron chi connectivity index (χ0n) is 9.76. The molecule has 0 amide bonds. The van der Waals surface area contributed by atoms with Crippen molar-refractivity contribution in [1.82, 2.24) is 0 Å². The van der Waals surface area contributed by atoms with Crippen LogP contribution in [0.5, 0.6) is 0 Å². The van der Waals surface area contributed by atoms with E-state index in [0.29, 0.717) is 5.41 Å². The molecule has 1 saturated heterocycles. The van der Waals surface area contributed by atoms with E-state index in [1.54, 1.807) is 5.57 Å². The van der Waals surface area contributed by atoms with Gasteiger partial charge in [0.2, 0.25) is 0 Å². The maximum absolute atomic E-state index is 6.27. The highest BCUT2D eigenvalue weighted by Crippen LogP contribution is 2.40. The van der Waals surface area contributed by atoms with Crippen LogP contribution in [0.2, 0.25) is 0 Å². The minimum Gasteiger partial charge on any atom is -0.381 e. The Morgan fingerprint density at radius 1 is 1.53 bits per heavy atom. The van der Waals surface area contributed by atoms with E-state index >= 15 is 0 Å². The Kier molecular flexibility index (Phi) is 3.42. The van der Waals surface area contributed by atoms with Crippen molar-refractivity contribution in [3.8, 4) is 0 Å². The SMILES string of the molecule is CC1(C)CC(CC2CCOC2)=CC(Cl)C1. The summed E-state index contributed by atoms with van der Waals surface area (Å²) in [6, 6.07) is 0. The number of ether oxygens (including phenoxy) is 1. The van der Waals surface area contributed by atoms with E-state index in [-0.39, 0.29) is 5.38 Å². The number of halogens is 1. The summed E-state index contributed by atoms with van der Waals surface area (Å²) >= 11 is 6.27. The Morgan fingerprint density at radius 2 is 2.33 bits per heavy atom. The minimum atomic E-state index is 0.242. The van der Waals surface area contributed by atoms with Crippen molar-refractivity contribution in [3.63, 3.8) is 0 Å². The van der Waals surface area contributed by atoms with Crippen molar-refractivity contribution in [2.45, 2.75) is 44.9 Å². The molecule has 86 valence electrons. The summed E-state index contributed by atoms with van der Waals surface area (Å²) < 4.78 is 5.42. The van der Waals surface area contributed by atoms with Crippen LogP contribution in [0.15, 0.2) is 11.6 Å². The van der Waals surface area contributed by atoms with E-state index in [0.717, 1.165) is 25.6 Å². The third-order valence-corrected chi connectivity index (χ3v) is 3.72.